The second-order valence-electron chi connectivity index (χ2n) is 6.05. The van der Waals surface area contributed by atoms with Crippen molar-refractivity contribution >= 4 is 23.6 Å². The minimum atomic E-state index is -0.220. The Labute approximate surface area is 158 Å². The van der Waals surface area contributed by atoms with Crippen LogP contribution in [0, 0.1) is 0 Å². The van der Waals surface area contributed by atoms with E-state index < -0.39 is 0 Å². The van der Waals surface area contributed by atoms with Crippen molar-refractivity contribution in [2.24, 2.45) is 0 Å². The van der Waals surface area contributed by atoms with Gasteiger partial charge in [-0.1, -0.05) is 6.07 Å². The number of hydrogen-bond acceptors (Lipinski definition) is 4. The number of ether oxygens (including phenoxy) is 2. The standard InChI is InChI=1S/C21H22N2O4/c1-2-22-21(25)14-27-18-7-5-17(6-8-18)23-20(24)10-4-15-3-9-19-16(13-15)11-12-26-19/h3-10,13H,2,11-12,14H2,1H3,(H,22,25)(H,23,24)/b10-4+. The summed E-state index contributed by atoms with van der Waals surface area (Å²) in [5.41, 5.74) is 2.78. The summed E-state index contributed by atoms with van der Waals surface area (Å²) < 4.78 is 10.8. The Hall–Kier alpha value is -3.28. The largest absolute Gasteiger partial charge is 0.493 e. The molecule has 1 aliphatic rings. The lowest BCUT2D eigenvalue weighted by Gasteiger charge is -2.07. The Kier molecular flexibility index (Phi) is 6.10. The fourth-order valence-electron chi connectivity index (χ4n) is 2.70. The van der Waals surface area contributed by atoms with Crippen LogP contribution in [0.1, 0.15) is 18.1 Å². The molecule has 2 N–H and O–H groups in total. The number of amides is 2. The minimum absolute atomic E-state index is 0.0336. The van der Waals surface area contributed by atoms with E-state index in [0.29, 0.717) is 24.6 Å². The normalized spacial score (nSPS) is 12.3. The van der Waals surface area contributed by atoms with Crippen molar-refractivity contribution in [2.75, 3.05) is 25.1 Å². The number of carbonyl (C=O) groups excluding carboxylic acids is 2. The maximum Gasteiger partial charge on any atom is 0.257 e. The first-order valence-corrected chi connectivity index (χ1v) is 8.88. The molecule has 0 radical (unpaired) electrons. The molecule has 1 heterocycles. The van der Waals surface area contributed by atoms with Crippen molar-refractivity contribution < 1.29 is 19.1 Å². The van der Waals surface area contributed by atoms with Gasteiger partial charge in [-0.25, -0.2) is 0 Å². The average molecular weight is 366 g/mol. The molecule has 6 nitrogen and oxygen atoms in total. The van der Waals surface area contributed by atoms with Crippen LogP contribution in [0.4, 0.5) is 5.69 Å². The predicted octanol–water partition coefficient (Wildman–Crippen LogP) is 2.79. The van der Waals surface area contributed by atoms with E-state index in [4.69, 9.17) is 9.47 Å². The van der Waals surface area contributed by atoms with Gasteiger partial charge in [0.1, 0.15) is 11.5 Å². The molecule has 0 saturated carbocycles. The van der Waals surface area contributed by atoms with Gasteiger partial charge in [-0.05, 0) is 60.5 Å². The summed E-state index contributed by atoms with van der Waals surface area (Å²) in [6, 6.07) is 12.8. The molecule has 3 rings (SSSR count). The Morgan fingerprint density at radius 1 is 1.19 bits per heavy atom. The van der Waals surface area contributed by atoms with Crippen LogP contribution < -0.4 is 20.1 Å². The molecule has 140 valence electrons. The highest BCUT2D eigenvalue weighted by Crippen LogP contribution is 2.26. The van der Waals surface area contributed by atoms with E-state index in [9.17, 15) is 9.59 Å². The molecule has 2 aromatic rings. The van der Waals surface area contributed by atoms with Crippen molar-refractivity contribution in [2.45, 2.75) is 13.3 Å². The number of hydrogen-bond donors (Lipinski definition) is 2. The van der Waals surface area contributed by atoms with Crippen molar-refractivity contribution in [3.8, 4) is 11.5 Å². The highest BCUT2D eigenvalue weighted by atomic mass is 16.5. The number of nitrogens with one attached hydrogen (secondary N) is 2. The number of fused-ring (bicyclic) bond motifs is 1. The van der Waals surface area contributed by atoms with Crippen LogP contribution in [0.5, 0.6) is 11.5 Å². The van der Waals surface area contributed by atoms with Gasteiger partial charge in [0.2, 0.25) is 5.91 Å². The fourth-order valence-corrected chi connectivity index (χ4v) is 2.70. The van der Waals surface area contributed by atoms with Crippen molar-refractivity contribution in [3.05, 3.63) is 59.7 Å². The Morgan fingerprint density at radius 2 is 2.00 bits per heavy atom. The smallest absolute Gasteiger partial charge is 0.257 e. The summed E-state index contributed by atoms with van der Waals surface area (Å²) in [7, 11) is 0. The maximum absolute atomic E-state index is 12.1. The zero-order valence-corrected chi connectivity index (χ0v) is 15.2. The zero-order chi connectivity index (χ0) is 19.1. The number of likely N-dealkylation sites (N-methyl/N-ethyl adjacent to an activating group) is 1. The zero-order valence-electron chi connectivity index (χ0n) is 15.2. The Bertz CT molecular complexity index is 844. The molecule has 2 aromatic carbocycles. The summed E-state index contributed by atoms with van der Waals surface area (Å²) >= 11 is 0. The van der Waals surface area contributed by atoms with E-state index in [1.165, 1.54) is 11.6 Å². The van der Waals surface area contributed by atoms with E-state index in [0.717, 1.165) is 17.7 Å². The third-order valence-corrected chi connectivity index (χ3v) is 4.01. The van der Waals surface area contributed by atoms with Crippen molar-refractivity contribution in [3.63, 3.8) is 0 Å². The van der Waals surface area contributed by atoms with Crippen LogP contribution in [0.15, 0.2) is 48.5 Å². The first-order chi connectivity index (χ1) is 13.1. The van der Waals surface area contributed by atoms with Crippen LogP contribution in [-0.2, 0) is 16.0 Å². The van der Waals surface area contributed by atoms with Gasteiger partial charge in [0, 0.05) is 24.7 Å². The van der Waals surface area contributed by atoms with Crippen LogP contribution in [0.2, 0.25) is 0 Å². The Balaban J connectivity index is 1.51. The molecule has 0 atom stereocenters. The average Bonchev–Trinajstić information content (AvgIpc) is 3.14. The van der Waals surface area contributed by atoms with Gasteiger partial charge in [0.25, 0.3) is 5.91 Å². The molecule has 0 bridgehead atoms. The number of rotatable bonds is 7. The molecule has 2 amide bonds. The highest BCUT2D eigenvalue weighted by Gasteiger charge is 2.11. The van der Waals surface area contributed by atoms with E-state index in [-0.39, 0.29) is 18.4 Å². The van der Waals surface area contributed by atoms with Gasteiger partial charge in [0.15, 0.2) is 6.61 Å². The number of anilines is 1. The molecule has 1 aliphatic heterocycles. The van der Waals surface area contributed by atoms with Gasteiger partial charge in [-0.2, -0.15) is 0 Å². The molecule has 6 heteroatoms. The van der Waals surface area contributed by atoms with Gasteiger partial charge < -0.3 is 20.1 Å². The van der Waals surface area contributed by atoms with E-state index in [2.05, 4.69) is 10.6 Å². The minimum Gasteiger partial charge on any atom is -0.493 e. The lowest BCUT2D eigenvalue weighted by atomic mass is 10.1. The van der Waals surface area contributed by atoms with Gasteiger partial charge in [-0.15, -0.1) is 0 Å². The van der Waals surface area contributed by atoms with E-state index in [1.807, 2.05) is 25.1 Å². The topological polar surface area (TPSA) is 76.7 Å². The first-order valence-electron chi connectivity index (χ1n) is 8.88. The molecule has 0 saturated heterocycles. The van der Waals surface area contributed by atoms with Crippen molar-refractivity contribution in [1.29, 1.82) is 0 Å². The van der Waals surface area contributed by atoms with Crippen LogP contribution in [-0.4, -0.2) is 31.6 Å². The second-order valence-corrected chi connectivity index (χ2v) is 6.05. The summed E-state index contributed by atoms with van der Waals surface area (Å²) in [4.78, 5) is 23.5. The molecule has 27 heavy (non-hydrogen) atoms. The van der Waals surface area contributed by atoms with Gasteiger partial charge in [-0.3, -0.25) is 9.59 Å². The van der Waals surface area contributed by atoms with Crippen LogP contribution in [0.25, 0.3) is 6.08 Å². The Morgan fingerprint density at radius 3 is 2.78 bits per heavy atom. The monoisotopic (exact) mass is 366 g/mol. The molecule has 0 unspecified atom stereocenters. The molecule has 0 spiro atoms. The van der Waals surface area contributed by atoms with Gasteiger partial charge in [0.05, 0.1) is 6.61 Å². The molecular weight excluding hydrogens is 344 g/mol. The molecular formula is C21H22N2O4. The number of carbonyl (C=O) groups is 2. The fraction of sp³-hybridized carbons (Fsp3) is 0.238. The quantitative estimate of drug-likeness (QED) is 0.739. The SMILES string of the molecule is CCNC(=O)COc1ccc(NC(=O)/C=C/c2ccc3c(c2)CCO3)cc1. The summed E-state index contributed by atoms with van der Waals surface area (Å²) in [6.45, 7) is 3.10. The lowest BCUT2D eigenvalue weighted by molar-refractivity contribution is -0.123. The third-order valence-electron chi connectivity index (χ3n) is 4.01. The highest BCUT2D eigenvalue weighted by molar-refractivity contribution is 6.01. The number of benzene rings is 2. The van der Waals surface area contributed by atoms with Crippen molar-refractivity contribution in [1.82, 2.24) is 5.32 Å². The molecule has 0 fully saturated rings. The predicted molar refractivity (Wildman–Crippen MR) is 104 cm³/mol. The third kappa shape index (κ3) is 5.34. The molecule has 0 aliphatic carbocycles. The van der Waals surface area contributed by atoms with Gasteiger partial charge >= 0.3 is 0 Å². The lowest BCUT2D eigenvalue weighted by Crippen LogP contribution is -2.28. The van der Waals surface area contributed by atoms with E-state index in [1.54, 1.807) is 30.3 Å². The van der Waals surface area contributed by atoms with Crippen LogP contribution >= 0.6 is 0 Å². The summed E-state index contributed by atoms with van der Waals surface area (Å²) in [6.07, 6.45) is 4.17. The van der Waals surface area contributed by atoms with Crippen LogP contribution in [0.3, 0.4) is 0 Å². The van der Waals surface area contributed by atoms with E-state index >= 15 is 0 Å². The molecule has 0 aromatic heterocycles. The summed E-state index contributed by atoms with van der Waals surface area (Å²) in [5.74, 6) is 1.10. The second kappa shape index (κ2) is 8.89. The maximum atomic E-state index is 12.1. The summed E-state index contributed by atoms with van der Waals surface area (Å²) in [5, 5.41) is 5.45. The first kappa shape index (κ1) is 18.5.